The molecule has 1 aliphatic carbocycles. The number of carbonyl (C=O) groups is 1. The Morgan fingerprint density at radius 3 is 2.47 bits per heavy atom. The summed E-state index contributed by atoms with van der Waals surface area (Å²) in [6.07, 6.45) is 2.65. The van der Waals surface area contributed by atoms with Gasteiger partial charge in [-0.2, -0.15) is 0 Å². The van der Waals surface area contributed by atoms with E-state index in [2.05, 4.69) is 9.88 Å². The number of halogens is 1. The van der Waals surface area contributed by atoms with Crippen molar-refractivity contribution in [3.63, 3.8) is 0 Å². The Kier molecular flexibility index (Phi) is 4.27. The third-order valence-electron chi connectivity index (χ3n) is 3.65. The number of hydrogen-bond acceptors (Lipinski definition) is 4. The second-order valence-electron chi connectivity index (χ2n) is 5.01. The molecule has 0 aromatic carbocycles. The molecule has 0 bridgehead atoms. The Balaban J connectivity index is 0.00000133. The quantitative estimate of drug-likeness (QED) is 0.879. The average molecular weight is 283 g/mol. The highest BCUT2D eigenvalue weighted by molar-refractivity contribution is 5.92. The van der Waals surface area contributed by atoms with Gasteiger partial charge in [-0.3, -0.25) is 9.69 Å². The molecule has 1 aliphatic heterocycles. The van der Waals surface area contributed by atoms with Gasteiger partial charge in [0.25, 0.3) is 5.91 Å². The third-order valence-corrected chi connectivity index (χ3v) is 3.65. The molecule has 19 heavy (non-hydrogen) atoms. The lowest BCUT2D eigenvalue weighted by molar-refractivity contribution is 0.0621. The molecule has 2 aliphatic rings. The smallest absolute Gasteiger partial charge is 0.272 e. The summed E-state index contributed by atoms with van der Waals surface area (Å²) < 4.78 is 0. The van der Waals surface area contributed by atoms with Crippen LogP contribution in [0.5, 0.6) is 0 Å². The van der Waals surface area contributed by atoms with E-state index in [1.165, 1.54) is 12.8 Å². The molecule has 5 nitrogen and oxygen atoms in total. The first-order valence-electron chi connectivity index (χ1n) is 6.50. The number of nitrogen functional groups attached to an aromatic ring is 1. The predicted molar refractivity (Wildman–Crippen MR) is 76.4 cm³/mol. The summed E-state index contributed by atoms with van der Waals surface area (Å²) in [4.78, 5) is 20.7. The van der Waals surface area contributed by atoms with Crippen molar-refractivity contribution in [2.75, 3.05) is 31.9 Å². The van der Waals surface area contributed by atoms with Gasteiger partial charge in [0.2, 0.25) is 0 Å². The third kappa shape index (κ3) is 3.16. The molecule has 1 amide bonds. The zero-order chi connectivity index (χ0) is 12.5. The summed E-state index contributed by atoms with van der Waals surface area (Å²) in [6.45, 7) is 3.56. The van der Waals surface area contributed by atoms with Crippen LogP contribution in [0.25, 0.3) is 0 Å². The molecule has 104 valence electrons. The Labute approximate surface area is 119 Å². The average Bonchev–Trinajstić information content (AvgIpc) is 3.22. The number of nitrogens with zero attached hydrogens (tertiary/aromatic N) is 3. The fourth-order valence-corrected chi connectivity index (χ4v) is 2.46. The topological polar surface area (TPSA) is 62.5 Å². The Morgan fingerprint density at radius 1 is 1.21 bits per heavy atom. The summed E-state index contributed by atoms with van der Waals surface area (Å²) in [7, 11) is 0. The molecule has 0 unspecified atom stereocenters. The van der Waals surface area contributed by atoms with Crippen molar-refractivity contribution in [3.05, 3.63) is 23.9 Å². The molecule has 2 heterocycles. The maximum atomic E-state index is 12.2. The normalized spacial score (nSPS) is 19.9. The van der Waals surface area contributed by atoms with Crippen molar-refractivity contribution in [1.82, 2.24) is 14.8 Å². The van der Waals surface area contributed by atoms with Crippen LogP contribution in [0.1, 0.15) is 23.3 Å². The maximum Gasteiger partial charge on any atom is 0.272 e. The lowest BCUT2D eigenvalue weighted by atomic mass is 10.2. The monoisotopic (exact) mass is 282 g/mol. The van der Waals surface area contributed by atoms with Gasteiger partial charge in [0, 0.05) is 32.2 Å². The molecule has 3 rings (SSSR count). The van der Waals surface area contributed by atoms with Crippen LogP contribution in [0.3, 0.4) is 0 Å². The van der Waals surface area contributed by atoms with Crippen molar-refractivity contribution in [2.24, 2.45) is 0 Å². The van der Waals surface area contributed by atoms with Gasteiger partial charge in [0.1, 0.15) is 11.5 Å². The van der Waals surface area contributed by atoms with E-state index in [0.717, 1.165) is 32.2 Å². The minimum absolute atomic E-state index is 0. The fourth-order valence-electron chi connectivity index (χ4n) is 2.46. The van der Waals surface area contributed by atoms with Crippen molar-refractivity contribution in [2.45, 2.75) is 18.9 Å². The molecule has 0 spiro atoms. The highest BCUT2D eigenvalue weighted by Crippen LogP contribution is 2.27. The minimum atomic E-state index is -0.00209. The van der Waals surface area contributed by atoms with Crippen molar-refractivity contribution in [1.29, 1.82) is 0 Å². The molecule has 1 saturated heterocycles. The first kappa shape index (κ1) is 14.1. The van der Waals surface area contributed by atoms with E-state index in [4.69, 9.17) is 5.73 Å². The first-order chi connectivity index (χ1) is 8.74. The number of carbonyl (C=O) groups excluding carboxylic acids is 1. The Hall–Kier alpha value is -1.33. The summed E-state index contributed by atoms with van der Waals surface area (Å²) >= 11 is 0. The molecule has 6 heteroatoms. The van der Waals surface area contributed by atoms with Gasteiger partial charge in [-0.15, -0.1) is 12.4 Å². The van der Waals surface area contributed by atoms with Crippen LogP contribution in [0.15, 0.2) is 18.2 Å². The summed E-state index contributed by atoms with van der Waals surface area (Å²) in [5.41, 5.74) is 6.06. The van der Waals surface area contributed by atoms with Crippen LogP contribution < -0.4 is 5.73 Å². The number of aromatic nitrogens is 1. The van der Waals surface area contributed by atoms with E-state index in [-0.39, 0.29) is 18.3 Å². The van der Waals surface area contributed by atoms with Crippen molar-refractivity contribution >= 4 is 24.1 Å². The molecule has 0 radical (unpaired) electrons. The molecule has 2 fully saturated rings. The van der Waals surface area contributed by atoms with E-state index in [1.807, 2.05) is 4.90 Å². The van der Waals surface area contributed by atoms with Crippen LogP contribution in [0.4, 0.5) is 5.82 Å². The van der Waals surface area contributed by atoms with Gasteiger partial charge < -0.3 is 10.6 Å². The maximum absolute atomic E-state index is 12.2. The first-order valence-corrected chi connectivity index (χ1v) is 6.50. The molecular formula is C13H19ClN4O. The fraction of sp³-hybridized carbons (Fsp3) is 0.538. The second kappa shape index (κ2) is 5.75. The van der Waals surface area contributed by atoms with Gasteiger partial charge >= 0.3 is 0 Å². The van der Waals surface area contributed by atoms with Gasteiger partial charge in [-0.1, -0.05) is 6.07 Å². The zero-order valence-corrected chi connectivity index (χ0v) is 11.6. The molecule has 1 saturated carbocycles. The molecule has 0 atom stereocenters. The Bertz CT molecular complexity index is 456. The summed E-state index contributed by atoms with van der Waals surface area (Å²) in [5.74, 6) is 0.398. The number of anilines is 1. The molecule has 2 N–H and O–H groups in total. The van der Waals surface area contributed by atoms with E-state index in [9.17, 15) is 4.79 Å². The van der Waals surface area contributed by atoms with Crippen LogP contribution in [0.2, 0.25) is 0 Å². The number of rotatable bonds is 2. The minimum Gasteiger partial charge on any atom is -0.384 e. The number of amides is 1. The van der Waals surface area contributed by atoms with Gasteiger partial charge in [-0.25, -0.2) is 4.98 Å². The molecule has 1 aromatic rings. The highest BCUT2D eigenvalue weighted by atomic mass is 35.5. The van der Waals surface area contributed by atoms with E-state index in [1.54, 1.807) is 18.2 Å². The number of piperazine rings is 1. The predicted octanol–water partition coefficient (Wildman–Crippen LogP) is 1.01. The standard InChI is InChI=1S/C13H18N4O.ClH/c14-12-3-1-2-11(15-12)13(18)17-8-6-16(7-9-17)10-4-5-10;/h1-3,10H,4-9H2,(H2,14,15);1H. The van der Waals surface area contributed by atoms with Crippen molar-refractivity contribution < 1.29 is 4.79 Å². The van der Waals surface area contributed by atoms with Crippen molar-refractivity contribution in [3.8, 4) is 0 Å². The van der Waals surface area contributed by atoms with Gasteiger partial charge in [0.05, 0.1) is 0 Å². The number of hydrogen-bond donors (Lipinski definition) is 1. The molecular weight excluding hydrogens is 264 g/mol. The van der Waals surface area contributed by atoms with Gasteiger partial charge in [-0.05, 0) is 25.0 Å². The Morgan fingerprint density at radius 2 is 1.89 bits per heavy atom. The van der Waals surface area contributed by atoms with Crippen LogP contribution in [-0.4, -0.2) is 52.9 Å². The van der Waals surface area contributed by atoms with E-state index >= 15 is 0 Å². The lowest BCUT2D eigenvalue weighted by Gasteiger charge is -2.34. The SMILES string of the molecule is Cl.Nc1cccc(C(=O)N2CCN(C3CC3)CC2)n1. The van der Waals surface area contributed by atoms with Gasteiger partial charge in [0.15, 0.2) is 0 Å². The molecule has 1 aromatic heterocycles. The number of nitrogens with two attached hydrogens (primary N) is 1. The van der Waals surface area contributed by atoms with Crippen LogP contribution in [0, 0.1) is 0 Å². The summed E-state index contributed by atoms with van der Waals surface area (Å²) in [6, 6.07) is 5.98. The van der Waals surface area contributed by atoms with Crippen LogP contribution >= 0.6 is 12.4 Å². The summed E-state index contributed by atoms with van der Waals surface area (Å²) in [5, 5.41) is 0. The number of pyridine rings is 1. The lowest BCUT2D eigenvalue weighted by Crippen LogP contribution is -2.49. The highest BCUT2D eigenvalue weighted by Gasteiger charge is 2.32. The largest absolute Gasteiger partial charge is 0.384 e. The van der Waals surface area contributed by atoms with E-state index < -0.39 is 0 Å². The van der Waals surface area contributed by atoms with E-state index in [0.29, 0.717) is 11.5 Å². The zero-order valence-electron chi connectivity index (χ0n) is 10.8. The second-order valence-corrected chi connectivity index (χ2v) is 5.01. The van der Waals surface area contributed by atoms with Crippen LogP contribution in [-0.2, 0) is 0 Å².